The highest BCUT2D eigenvalue weighted by molar-refractivity contribution is 5.73. The zero-order valence-corrected chi connectivity index (χ0v) is 10.9. The van der Waals surface area contributed by atoms with Crippen molar-refractivity contribution in [3.63, 3.8) is 0 Å². The van der Waals surface area contributed by atoms with Gasteiger partial charge >= 0.3 is 5.97 Å². The van der Waals surface area contributed by atoms with Gasteiger partial charge in [0.05, 0.1) is 6.61 Å². The number of nitrogens with one attached hydrogen (secondary N) is 1. The van der Waals surface area contributed by atoms with Gasteiger partial charge in [-0.2, -0.15) is 0 Å². The number of aliphatic hydroxyl groups is 3. The van der Waals surface area contributed by atoms with E-state index in [4.69, 9.17) is 19.7 Å². The number of rotatable bonds is 5. The van der Waals surface area contributed by atoms with Crippen molar-refractivity contribution in [2.24, 2.45) is 0 Å². The van der Waals surface area contributed by atoms with Crippen LogP contribution in [0.25, 0.3) is 0 Å². The van der Waals surface area contributed by atoms with Gasteiger partial charge in [0.1, 0.15) is 31.0 Å². The molecule has 0 saturated carbocycles. The van der Waals surface area contributed by atoms with Crippen molar-refractivity contribution < 1.29 is 39.5 Å². The van der Waals surface area contributed by atoms with Crippen LogP contribution in [-0.4, -0.2) is 76.2 Å². The molecule has 0 aliphatic carbocycles. The van der Waals surface area contributed by atoms with E-state index in [0.717, 1.165) is 0 Å². The topological polar surface area (TPSA) is 181 Å². The molecule has 1 heterocycles. The van der Waals surface area contributed by atoms with Crippen LogP contribution < -0.4 is 11.5 Å². The van der Waals surface area contributed by atoms with Gasteiger partial charge in [0, 0.05) is 6.92 Å². The number of aliphatic carboxylic acids is 1. The molecule has 1 saturated heterocycles. The zero-order valence-electron chi connectivity index (χ0n) is 10.9. The predicted molar refractivity (Wildman–Crippen MR) is 64.0 cm³/mol. The lowest BCUT2D eigenvalue weighted by Gasteiger charge is -2.41. The van der Waals surface area contributed by atoms with Gasteiger partial charge < -0.3 is 41.4 Å². The Morgan fingerprint density at radius 1 is 1.30 bits per heavy atom. The molecular weight excluding hydrogens is 276 g/mol. The van der Waals surface area contributed by atoms with Crippen LogP contribution in [0.2, 0.25) is 0 Å². The maximum Gasteiger partial charge on any atom is 0.329 e. The molecule has 1 rings (SSSR count). The first-order valence-electron chi connectivity index (χ1n) is 5.59. The molecule has 0 aromatic carbocycles. The van der Waals surface area contributed by atoms with Crippen molar-refractivity contribution in [2.75, 3.05) is 13.2 Å². The molecule has 0 radical (unpaired) electrons. The third-order valence-electron chi connectivity index (χ3n) is 2.62. The molecule has 0 aromatic rings. The minimum absolute atomic E-state index is 0. The summed E-state index contributed by atoms with van der Waals surface area (Å²) < 4.78 is 10.0. The Morgan fingerprint density at radius 3 is 2.35 bits per heavy atom. The number of hydrogen-bond acceptors (Lipinski definition) is 8. The molecule has 8 N–H and O–H groups in total. The largest absolute Gasteiger partial charge is 0.480 e. The third-order valence-corrected chi connectivity index (χ3v) is 2.62. The number of carbonyl (C=O) groups excluding carboxylic acids is 1. The van der Waals surface area contributed by atoms with Crippen LogP contribution in [0, 0.1) is 0 Å². The van der Waals surface area contributed by atoms with Crippen molar-refractivity contribution in [1.82, 2.24) is 11.5 Å². The lowest BCUT2D eigenvalue weighted by molar-refractivity contribution is -0.269. The Morgan fingerprint density at radius 2 is 1.90 bits per heavy atom. The number of carboxylic acids is 1. The molecule has 10 heteroatoms. The van der Waals surface area contributed by atoms with Gasteiger partial charge in [0.2, 0.25) is 5.91 Å². The molecule has 0 spiro atoms. The molecule has 1 aliphatic rings. The van der Waals surface area contributed by atoms with E-state index in [-0.39, 0.29) is 6.15 Å². The summed E-state index contributed by atoms with van der Waals surface area (Å²) in [6.07, 6.45) is -5.28. The Kier molecular flexibility index (Phi) is 7.57. The summed E-state index contributed by atoms with van der Waals surface area (Å²) in [5.74, 6) is -1.77. The van der Waals surface area contributed by atoms with Gasteiger partial charge in [-0.3, -0.25) is 4.79 Å². The molecule has 10 nitrogen and oxygen atoms in total. The highest BCUT2D eigenvalue weighted by atomic mass is 16.7. The Labute approximate surface area is 114 Å². The molecule has 5 atom stereocenters. The Hall–Kier alpha value is -1.30. The van der Waals surface area contributed by atoms with Crippen LogP contribution >= 0.6 is 0 Å². The van der Waals surface area contributed by atoms with E-state index in [9.17, 15) is 19.8 Å². The van der Waals surface area contributed by atoms with Crippen molar-refractivity contribution in [2.45, 2.75) is 37.6 Å². The van der Waals surface area contributed by atoms with E-state index in [2.05, 4.69) is 5.32 Å². The van der Waals surface area contributed by atoms with E-state index >= 15 is 0 Å². The smallest absolute Gasteiger partial charge is 0.329 e. The zero-order chi connectivity index (χ0) is 14.6. The first-order chi connectivity index (χ1) is 8.86. The number of ether oxygens (including phenoxy) is 2. The summed E-state index contributed by atoms with van der Waals surface area (Å²) in [6, 6.07) is -1.13. The lowest BCUT2D eigenvalue weighted by Crippen LogP contribution is -2.64. The van der Waals surface area contributed by atoms with Gasteiger partial charge in [-0.1, -0.05) is 0 Å². The van der Waals surface area contributed by atoms with E-state index in [1.807, 2.05) is 0 Å². The van der Waals surface area contributed by atoms with Gasteiger partial charge in [-0.15, -0.1) is 0 Å². The molecule has 1 aliphatic heterocycles. The van der Waals surface area contributed by atoms with Crippen molar-refractivity contribution in [3.05, 3.63) is 0 Å². The van der Waals surface area contributed by atoms with Crippen LogP contribution in [0.1, 0.15) is 6.92 Å². The summed E-state index contributed by atoms with van der Waals surface area (Å²) in [7, 11) is 0. The van der Waals surface area contributed by atoms with Crippen LogP contribution in [0.5, 0.6) is 0 Å². The molecular formula is C10H20N2O8. The monoisotopic (exact) mass is 296 g/mol. The summed E-state index contributed by atoms with van der Waals surface area (Å²) in [5, 5.41) is 39.3. The standard InChI is InChI=1S/C10H17NO8.H3N/c1-4(13)11-7-9(17)8(16)5(2-12)19-10(7)18-3-6(14)15;/h5,7-10,12,16-17H,2-3H2,1H3,(H,11,13)(H,14,15);1H3. The molecule has 5 unspecified atom stereocenters. The molecule has 1 amide bonds. The fourth-order valence-electron chi connectivity index (χ4n) is 1.77. The molecule has 20 heavy (non-hydrogen) atoms. The second kappa shape index (κ2) is 8.09. The first-order valence-corrected chi connectivity index (χ1v) is 5.59. The minimum atomic E-state index is -1.45. The number of carbonyl (C=O) groups is 2. The van der Waals surface area contributed by atoms with Crippen LogP contribution in [-0.2, 0) is 19.1 Å². The SMILES string of the molecule is CC(=O)NC1C(OCC(=O)O)OC(CO)C(O)C1O.N. The number of amides is 1. The van der Waals surface area contributed by atoms with Crippen LogP contribution in [0.15, 0.2) is 0 Å². The molecule has 0 aromatic heterocycles. The Balaban J connectivity index is 0.00000361. The first kappa shape index (κ1) is 18.7. The molecule has 0 bridgehead atoms. The third kappa shape index (κ3) is 4.67. The van der Waals surface area contributed by atoms with Gasteiger partial charge in [0.15, 0.2) is 6.29 Å². The maximum atomic E-state index is 11.0. The van der Waals surface area contributed by atoms with Crippen LogP contribution in [0.3, 0.4) is 0 Å². The van der Waals surface area contributed by atoms with Gasteiger partial charge in [0.25, 0.3) is 0 Å². The van der Waals surface area contributed by atoms with Gasteiger partial charge in [-0.25, -0.2) is 4.79 Å². The quantitative estimate of drug-likeness (QED) is 0.312. The second-order valence-electron chi connectivity index (χ2n) is 4.14. The summed E-state index contributed by atoms with van der Waals surface area (Å²) in [4.78, 5) is 21.5. The second-order valence-corrected chi connectivity index (χ2v) is 4.14. The van der Waals surface area contributed by atoms with Crippen molar-refractivity contribution >= 4 is 11.9 Å². The average Bonchev–Trinajstić information content (AvgIpc) is 2.33. The number of carboxylic acid groups (broad SMARTS) is 1. The highest BCUT2D eigenvalue weighted by Gasteiger charge is 2.45. The van der Waals surface area contributed by atoms with E-state index in [1.54, 1.807) is 0 Å². The molecule has 118 valence electrons. The number of hydrogen-bond donors (Lipinski definition) is 6. The van der Waals surface area contributed by atoms with E-state index in [1.165, 1.54) is 6.92 Å². The highest BCUT2D eigenvalue weighted by Crippen LogP contribution is 2.22. The Bertz CT molecular complexity index is 339. The lowest BCUT2D eigenvalue weighted by atomic mass is 9.97. The fraction of sp³-hybridized carbons (Fsp3) is 0.800. The van der Waals surface area contributed by atoms with Crippen molar-refractivity contribution in [1.29, 1.82) is 0 Å². The average molecular weight is 296 g/mol. The fourth-order valence-corrected chi connectivity index (χ4v) is 1.77. The van der Waals surface area contributed by atoms with Gasteiger partial charge in [-0.05, 0) is 0 Å². The molecule has 1 fully saturated rings. The minimum Gasteiger partial charge on any atom is -0.480 e. The summed E-state index contributed by atoms with van der Waals surface area (Å²) >= 11 is 0. The van der Waals surface area contributed by atoms with Crippen molar-refractivity contribution in [3.8, 4) is 0 Å². The normalized spacial score (nSPS) is 33.1. The van der Waals surface area contributed by atoms with Crippen LogP contribution in [0.4, 0.5) is 0 Å². The predicted octanol–water partition coefficient (Wildman–Crippen LogP) is -2.81. The maximum absolute atomic E-state index is 11.0. The van der Waals surface area contributed by atoms with E-state index < -0.39 is 55.7 Å². The summed E-state index contributed by atoms with van der Waals surface area (Å²) in [6.45, 7) is -0.106. The summed E-state index contributed by atoms with van der Waals surface area (Å²) in [5.41, 5.74) is 0. The number of aliphatic hydroxyl groups excluding tert-OH is 3. The van der Waals surface area contributed by atoms with E-state index in [0.29, 0.717) is 0 Å².